The number of benzene rings is 2. The SMILES string of the molecule is COC(=O)c1cc(Oc2ccc(/C=C/O)cc2C(F)(F)F)c(F)cc1N(C(=O)[C@H]1CC[C@H](C)CC1)C(C)C. The van der Waals surface area contributed by atoms with Crippen molar-refractivity contribution in [3.63, 3.8) is 0 Å². The lowest BCUT2D eigenvalue weighted by Crippen LogP contribution is -2.43. The number of carbonyl (C=O) groups excluding carboxylic acids is 2. The zero-order valence-corrected chi connectivity index (χ0v) is 21.6. The number of halogens is 4. The number of nitrogens with zero attached hydrogens (tertiary/aromatic N) is 1. The number of methoxy groups -OCH3 is 1. The van der Waals surface area contributed by atoms with Gasteiger partial charge in [-0.15, -0.1) is 0 Å². The summed E-state index contributed by atoms with van der Waals surface area (Å²) in [6.07, 6.45) is -0.122. The summed E-state index contributed by atoms with van der Waals surface area (Å²) in [5.74, 6) is -3.36. The number of carbonyl (C=O) groups is 2. The molecule has 0 saturated heterocycles. The van der Waals surface area contributed by atoms with Gasteiger partial charge in [0.1, 0.15) is 5.75 Å². The van der Waals surface area contributed by atoms with E-state index in [1.54, 1.807) is 13.8 Å². The average Bonchev–Trinajstić information content (AvgIpc) is 2.85. The molecule has 0 heterocycles. The number of amides is 1. The zero-order chi connectivity index (χ0) is 28.2. The summed E-state index contributed by atoms with van der Waals surface area (Å²) < 4.78 is 66.6. The van der Waals surface area contributed by atoms with Crippen molar-refractivity contribution in [2.45, 2.75) is 58.7 Å². The van der Waals surface area contributed by atoms with Gasteiger partial charge in [-0.05, 0) is 69.2 Å². The van der Waals surface area contributed by atoms with E-state index >= 15 is 4.39 Å². The molecule has 6 nitrogen and oxygen atoms in total. The molecule has 0 aromatic heterocycles. The first kappa shape index (κ1) is 29.0. The van der Waals surface area contributed by atoms with Crippen LogP contribution < -0.4 is 9.64 Å². The van der Waals surface area contributed by atoms with Gasteiger partial charge in [0.25, 0.3) is 0 Å². The van der Waals surface area contributed by atoms with Crippen molar-refractivity contribution in [1.82, 2.24) is 0 Å². The Bertz CT molecular complexity index is 1200. The van der Waals surface area contributed by atoms with Crippen LogP contribution in [0.25, 0.3) is 6.08 Å². The fourth-order valence-electron chi connectivity index (χ4n) is 4.62. The first-order valence-corrected chi connectivity index (χ1v) is 12.3. The van der Waals surface area contributed by atoms with Crippen LogP contribution in [-0.2, 0) is 15.7 Å². The Balaban J connectivity index is 2.08. The van der Waals surface area contributed by atoms with Crippen molar-refractivity contribution in [2.24, 2.45) is 11.8 Å². The zero-order valence-electron chi connectivity index (χ0n) is 21.6. The molecule has 3 rings (SSSR count). The molecular weight excluding hydrogens is 506 g/mol. The number of hydrogen-bond acceptors (Lipinski definition) is 5. The second-order valence-corrected chi connectivity index (χ2v) is 9.72. The van der Waals surface area contributed by atoms with Gasteiger partial charge in [-0.1, -0.05) is 13.0 Å². The van der Waals surface area contributed by atoms with Gasteiger partial charge >= 0.3 is 12.1 Å². The smallest absolute Gasteiger partial charge is 0.420 e. The maximum absolute atomic E-state index is 15.4. The van der Waals surface area contributed by atoms with Crippen LogP contribution in [0.3, 0.4) is 0 Å². The summed E-state index contributed by atoms with van der Waals surface area (Å²) >= 11 is 0. The average molecular weight is 538 g/mol. The van der Waals surface area contributed by atoms with Gasteiger partial charge in [0.2, 0.25) is 5.91 Å². The van der Waals surface area contributed by atoms with Crippen molar-refractivity contribution < 1.29 is 41.7 Å². The van der Waals surface area contributed by atoms with Gasteiger partial charge in [0.15, 0.2) is 11.6 Å². The highest BCUT2D eigenvalue weighted by atomic mass is 19.4. The highest BCUT2D eigenvalue weighted by Crippen LogP contribution is 2.41. The van der Waals surface area contributed by atoms with Crippen LogP contribution in [0.15, 0.2) is 36.6 Å². The molecule has 2 aromatic rings. The van der Waals surface area contributed by atoms with E-state index in [9.17, 15) is 22.8 Å². The molecule has 1 N–H and O–H groups in total. The lowest BCUT2D eigenvalue weighted by atomic mass is 9.82. The number of hydrogen-bond donors (Lipinski definition) is 1. The minimum atomic E-state index is -4.85. The third-order valence-electron chi connectivity index (χ3n) is 6.63. The molecule has 0 radical (unpaired) electrons. The molecule has 2 aromatic carbocycles. The molecule has 206 valence electrons. The Morgan fingerprint density at radius 1 is 1.08 bits per heavy atom. The number of alkyl halides is 3. The van der Waals surface area contributed by atoms with Gasteiger partial charge in [0.05, 0.1) is 30.2 Å². The number of rotatable bonds is 7. The van der Waals surface area contributed by atoms with E-state index in [-0.39, 0.29) is 28.6 Å². The molecule has 38 heavy (non-hydrogen) atoms. The van der Waals surface area contributed by atoms with E-state index in [1.807, 2.05) is 0 Å². The summed E-state index contributed by atoms with van der Waals surface area (Å²) in [5, 5.41) is 8.89. The summed E-state index contributed by atoms with van der Waals surface area (Å²) in [5.41, 5.74) is -1.42. The minimum absolute atomic E-state index is 0.0419. The van der Waals surface area contributed by atoms with Crippen LogP contribution in [0, 0.1) is 17.7 Å². The highest BCUT2D eigenvalue weighted by Gasteiger charge is 2.36. The molecule has 1 aliphatic rings. The fraction of sp³-hybridized carbons (Fsp3) is 0.429. The number of ether oxygens (including phenoxy) is 2. The Kier molecular flexibility index (Phi) is 9.06. The third-order valence-corrected chi connectivity index (χ3v) is 6.63. The first-order valence-electron chi connectivity index (χ1n) is 12.3. The highest BCUT2D eigenvalue weighted by molar-refractivity contribution is 6.04. The van der Waals surface area contributed by atoms with Gasteiger partial charge in [0, 0.05) is 24.1 Å². The first-order chi connectivity index (χ1) is 17.9. The Morgan fingerprint density at radius 2 is 1.74 bits per heavy atom. The fourth-order valence-corrected chi connectivity index (χ4v) is 4.62. The summed E-state index contributed by atoms with van der Waals surface area (Å²) in [4.78, 5) is 27.6. The second kappa shape index (κ2) is 11.9. The normalized spacial score (nSPS) is 18.0. The number of anilines is 1. The molecule has 0 unspecified atom stereocenters. The Hall–Kier alpha value is -3.56. The predicted octanol–water partition coefficient (Wildman–Crippen LogP) is 7.52. The lowest BCUT2D eigenvalue weighted by molar-refractivity contribution is -0.138. The van der Waals surface area contributed by atoms with Crippen LogP contribution in [-0.4, -0.2) is 30.1 Å². The van der Waals surface area contributed by atoms with Crippen molar-refractivity contribution in [3.8, 4) is 11.5 Å². The van der Waals surface area contributed by atoms with Gasteiger partial charge in [-0.25, -0.2) is 9.18 Å². The number of aliphatic hydroxyl groups excluding tert-OH is 1. The van der Waals surface area contributed by atoms with Crippen molar-refractivity contribution >= 4 is 23.6 Å². The van der Waals surface area contributed by atoms with Gasteiger partial charge in [-0.2, -0.15) is 13.2 Å². The molecular formula is C28H31F4NO5. The molecule has 1 saturated carbocycles. The lowest BCUT2D eigenvalue weighted by Gasteiger charge is -2.34. The quantitative estimate of drug-likeness (QED) is 0.225. The molecule has 0 spiro atoms. The standard InChI is InChI=1S/C28H31F4NO5/c1-16(2)33(26(35)19-8-5-17(3)6-9-19)23-15-22(29)25(14-20(23)27(36)37-4)38-24-10-7-18(11-12-34)13-21(24)28(30,31)32/h7,10-17,19,34H,5-6,8-9H2,1-4H3/b12-11+/t17-,19-. The molecule has 1 aliphatic carbocycles. The molecule has 0 atom stereocenters. The largest absolute Gasteiger partial charge is 0.516 e. The van der Waals surface area contributed by atoms with E-state index in [2.05, 4.69) is 6.92 Å². The topological polar surface area (TPSA) is 76.1 Å². The van der Waals surface area contributed by atoms with Crippen LogP contribution in [0.2, 0.25) is 0 Å². The van der Waals surface area contributed by atoms with Gasteiger partial charge < -0.3 is 19.5 Å². The van der Waals surface area contributed by atoms with Crippen molar-refractivity contribution in [1.29, 1.82) is 0 Å². The maximum Gasteiger partial charge on any atom is 0.420 e. The molecule has 0 bridgehead atoms. The van der Waals surface area contributed by atoms with E-state index in [4.69, 9.17) is 14.6 Å². The Labute approximate surface area is 218 Å². The van der Waals surface area contributed by atoms with E-state index in [0.717, 1.165) is 50.3 Å². The van der Waals surface area contributed by atoms with Crippen LogP contribution >= 0.6 is 0 Å². The van der Waals surface area contributed by atoms with Crippen LogP contribution in [0.4, 0.5) is 23.2 Å². The Morgan fingerprint density at radius 3 is 2.29 bits per heavy atom. The van der Waals surface area contributed by atoms with Crippen molar-refractivity contribution in [2.75, 3.05) is 12.0 Å². The number of aliphatic hydroxyl groups is 1. The minimum Gasteiger partial charge on any atom is -0.516 e. The monoisotopic (exact) mass is 537 g/mol. The summed E-state index contributed by atoms with van der Waals surface area (Å²) in [7, 11) is 1.11. The van der Waals surface area contributed by atoms with E-state index in [0.29, 0.717) is 25.0 Å². The van der Waals surface area contributed by atoms with Gasteiger partial charge in [-0.3, -0.25) is 4.79 Å². The van der Waals surface area contributed by atoms with Crippen LogP contribution in [0.5, 0.6) is 11.5 Å². The molecule has 0 aliphatic heterocycles. The summed E-state index contributed by atoms with van der Waals surface area (Å²) in [6.45, 7) is 5.57. The van der Waals surface area contributed by atoms with Crippen molar-refractivity contribution in [3.05, 3.63) is 59.1 Å². The third kappa shape index (κ3) is 6.46. The predicted molar refractivity (Wildman–Crippen MR) is 135 cm³/mol. The molecule has 1 fully saturated rings. The molecule has 1 amide bonds. The van der Waals surface area contributed by atoms with Crippen LogP contribution in [0.1, 0.15) is 67.9 Å². The maximum atomic E-state index is 15.4. The van der Waals surface area contributed by atoms with E-state index in [1.165, 1.54) is 11.0 Å². The molecule has 10 heteroatoms. The number of esters is 1. The summed E-state index contributed by atoms with van der Waals surface area (Å²) in [6, 6.07) is 4.39. The second-order valence-electron chi connectivity index (χ2n) is 9.72. The van der Waals surface area contributed by atoms with E-state index < -0.39 is 41.1 Å².